The Morgan fingerprint density at radius 2 is 1.89 bits per heavy atom. The first kappa shape index (κ1) is 18.2. The standard InChI is InChI=1S/C22H23N3O3/c1-15-8-7-13-25(14-15)22(26)17-10-4-3-9-16(17)21-23-20(24-28-21)18-11-5-6-12-19(18)27-2/h3-6,9-12,15H,7-8,13-14H2,1-2H3. The van der Waals surface area contributed by atoms with E-state index in [0.717, 1.165) is 31.5 Å². The van der Waals surface area contributed by atoms with E-state index in [4.69, 9.17) is 9.26 Å². The first-order valence-corrected chi connectivity index (χ1v) is 9.53. The minimum atomic E-state index is 0.0131. The first-order valence-electron chi connectivity index (χ1n) is 9.53. The number of aromatic nitrogens is 2. The number of carbonyl (C=O) groups is 1. The molecule has 0 N–H and O–H groups in total. The van der Waals surface area contributed by atoms with Crippen molar-refractivity contribution in [1.82, 2.24) is 15.0 Å². The minimum absolute atomic E-state index is 0.0131. The summed E-state index contributed by atoms with van der Waals surface area (Å²) in [5.41, 5.74) is 1.99. The highest BCUT2D eigenvalue weighted by Crippen LogP contribution is 2.31. The molecule has 1 saturated heterocycles. The van der Waals surface area contributed by atoms with Crippen LogP contribution in [0.1, 0.15) is 30.1 Å². The van der Waals surface area contributed by atoms with Gasteiger partial charge in [-0.1, -0.05) is 36.3 Å². The van der Waals surface area contributed by atoms with Gasteiger partial charge in [-0.3, -0.25) is 4.79 Å². The van der Waals surface area contributed by atoms with E-state index in [-0.39, 0.29) is 5.91 Å². The van der Waals surface area contributed by atoms with Crippen LogP contribution in [0.3, 0.4) is 0 Å². The largest absolute Gasteiger partial charge is 0.496 e. The smallest absolute Gasteiger partial charge is 0.259 e. The zero-order chi connectivity index (χ0) is 19.5. The quantitative estimate of drug-likeness (QED) is 0.679. The SMILES string of the molecule is COc1ccccc1-c1noc(-c2ccccc2C(=O)N2CCCC(C)C2)n1. The number of ether oxygens (including phenoxy) is 1. The van der Waals surface area contributed by atoms with Crippen LogP contribution < -0.4 is 4.74 Å². The maximum atomic E-state index is 13.1. The fraction of sp³-hybridized carbons (Fsp3) is 0.318. The zero-order valence-corrected chi connectivity index (χ0v) is 16.1. The highest BCUT2D eigenvalue weighted by Gasteiger charge is 2.25. The Balaban J connectivity index is 1.68. The lowest BCUT2D eigenvalue weighted by Gasteiger charge is -2.31. The monoisotopic (exact) mass is 377 g/mol. The molecule has 0 aliphatic carbocycles. The van der Waals surface area contributed by atoms with Crippen molar-refractivity contribution < 1.29 is 14.1 Å². The number of para-hydroxylation sites is 1. The van der Waals surface area contributed by atoms with Crippen molar-refractivity contribution in [1.29, 1.82) is 0 Å². The lowest BCUT2D eigenvalue weighted by molar-refractivity contribution is 0.0683. The molecule has 0 bridgehead atoms. The summed E-state index contributed by atoms with van der Waals surface area (Å²) in [4.78, 5) is 19.6. The maximum Gasteiger partial charge on any atom is 0.259 e. The summed E-state index contributed by atoms with van der Waals surface area (Å²) >= 11 is 0. The van der Waals surface area contributed by atoms with Gasteiger partial charge < -0.3 is 14.2 Å². The van der Waals surface area contributed by atoms with Crippen LogP contribution in [0.15, 0.2) is 53.1 Å². The van der Waals surface area contributed by atoms with Crippen LogP contribution in [-0.2, 0) is 0 Å². The number of nitrogens with zero attached hydrogens (tertiary/aromatic N) is 3. The van der Waals surface area contributed by atoms with E-state index in [0.29, 0.717) is 34.5 Å². The second kappa shape index (κ2) is 7.84. The molecule has 1 atom stereocenters. The third kappa shape index (κ3) is 3.50. The van der Waals surface area contributed by atoms with Crippen LogP contribution in [0.25, 0.3) is 22.8 Å². The highest BCUT2D eigenvalue weighted by atomic mass is 16.5. The molecule has 1 aliphatic heterocycles. The molecule has 1 aliphatic rings. The van der Waals surface area contributed by atoms with Crippen molar-refractivity contribution in [3.8, 4) is 28.6 Å². The van der Waals surface area contributed by atoms with Gasteiger partial charge in [-0.2, -0.15) is 4.98 Å². The van der Waals surface area contributed by atoms with Gasteiger partial charge in [0.05, 0.1) is 23.8 Å². The number of amides is 1. The van der Waals surface area contributed by atoms with Gasteiger partial charge in [-0.05, 0) is 43.0 Å². The predicted molar refractivity (Wildman–Crippen MR) is 106 cm³/mol. The molecular weight excluding hydrogens is 354 g/mol. The van der Waals surface area contributed by atoms with Crippen LogP contribution >= 0.6 is 0 Å². The van der Waals surface area contributed by atoms with E-state index in [1.807, 2.05) is 53.4 Å². The fourth-order valence-corrected chi connectivity index (χ4v) is 3.67. The number of likely N-dealkylation sites (tertiary alicyclic amines) is 1. The highest BCUT2D eigenvalue weighted by molar-refractivity contribution is 6.00. The number of rotatable bonds is 4. The Bertz CT molecular complexity index is 982. The topological polar surface area (TPSA) is 68.5 Å². The van der Waals surface area contributed by atoms with Gasteiger partial charge in [0.25, 0.3) is 11.8 Å². The van der Waals surface area contributed by atoms with Crippen LogP contribution in [-0.4, -0.2) is 41.1 Å². The normalized spacial score (nSPS) is 16.8. The van der Waals surface area contributed by atoms with Crippen LogP contribution in [0.5, 0.6) is 5.75 Å². The van der Waals surface area contributed by atoms with Gasteiger partial charge in [-0.25, -0.2) is 0 Å². The van der Waals surface area contributed by atoms with Crippen molar-refractivity contribution in [2.24, 2.45) is 5.92 Å². The molecular formula is C22H23N3O3. The Morgan fingerprint density at radius 3 is 2.68 bits per heavy atom. The Hall–Kier alpha value is -3.15. The predicted octanol–water partition coefficient (Wildman–Crippen LogP) is 4.28. The number of hydrogen-bond donors (Lipinski definition) is 0. The summed E-state index contributed by atoms with van der Waals surface area (Å²) in [5.74, 6) is 1.96. The molecule has 3 aromatic rings. The third-order valence-electron chi connectivity index (χ3n) is 5.11. The molecule has 1 unspecified atom stereocenters. The average Bonchev–Trinajstić information content (AvgIpc) is 3.23. The van der Waals surface area contributed by atoms with E-state index in [2.05, 4.69) is 17.1 Å². The summed E-state index contributed by atoms with van der Waals surface area (Å²) in [5, 5.41) is 4.11. The van der Waals surface area contributed by atoms with Crippen LogP contribution in [0.4, 0.5) is 0 Å². The summed E-state index contributed by atoms with van der Waals surface area (Å²) in [6.45, 7) is 3.75. The molecule has 0 radical (unpaired) electrons. The van der Waals surface area contributed by atoms with Crippen molar-refractivity contribution in [2.45, 2.75) is 19.8 Å². The number of piperidine rings is 1. The third-order valence-corrected chi connectivity index (χ3v) is 5.11. The van der Waals surface area contributed by atoms with Gasteiger partial charge in [0.2, 0.25) is 5.82 Å². The van der Waals surface area contributed by atoms with Crippen LogP contribution in [0.2, 0.25) is 0 Å². The number of hydrogen-bond acceptors (Lipinski definition) is 5. The molecule has 144 valence electrons. The zero-order valence-electron chi connectivity index (χ0n) is 16.1. The summed E-state index contributed by atoms with van der Waals surface area (Å²) in [7, 11) is 1.60. The van der Waals surface area contributed by atoms with Crippen molar-refractivity contribution in [3.05, 3.63) is 54.1 Å². The van der Waals surface area contributed by atoms with E-state index in [1.165, 1.54) is 0 Å². The number of methoxy groups -OCH3 is 1. The maximum absolute atomic E-state index is 13.1. The molecule has 2 aromatic carbocycles. The van der Waals surface area contributed by atoms with Crippen molar-refractivity contribution in [3.63, 3.8) is 0 Å². The van der Waals surface area contributed by atoms with Gasteiger partial charge >= 0.3 is 0 Å². The average molecular weight is 377 g/mol. The molecule has 28 heavy (non-hydrogen) atoms. The van der Waals surface area contributed by atoms with Gasteiger partial charge in [0, 0.05) is 13.1 Å². The summed E-state index contributed by atoms with van der Waals surface area (Å²) in [6.07, 6.45) is 2.20. The van der Waals surface area contributed by atoms with E-state index in [1.54, 1.807) is 7.11 Å². The van der Waals surface area contributed by atoms with Crippen molar-refractivity contribution in [2.75, 3.05) is 20.2 Å². The van der Waals surface area contributed by atoms with Crippen molar-refractivity contribution >= 4 is 5.91 Å². The van der Waals surface area contributed by atoms with Gasteiger partial charge in [0.1, 0.15) is 5.75 Å². The lowest BCUT2D eigenvalue weighted by atomic mass is 9.98. The minimum Gasteiger partial charge on any atom is -0.496 e. The van der Waals surface area contributed by atoms with E-state index >= 15 is 0 Å². The molecule has 1 amide bonds. The van der Waals surface area contributed by atoms with E-state index in [9.17, 15) is 4.79 Å². The molecule has 4 rings (SSSR count). The van der Waals surface area contributed by atoms with Gasteiger partial charge in [-0.15, -0.1) is 0 Å². The molecule has 0 saturated carbocycles. The Morgan fingerprint density at radius 1 is 1.14 bits per heavy atom. The number of benzene rings is 2. The number of carbonyl (C=O) groups excluding carboxylic acids is 1. The second-order valence-electron chi connectivity index (χ2n) is 7.17. The molecule has 0 spiro atoms. The fourth-order valence-electron chi connectivity index (χ4n) is 3.67. The van der Waals surface area contributed by atoms with Crippen LogP contribution in [0, 0.1) is 5.92 Å². The molecule has 1 fully saturated rings. The lowest BCUT2D eigenvalue weighted by Crippen LogP contribution is -2.39. The second-order valence-corrected chi connectivity index (χ2v) is 7.17. The molecule has 1 aromatic heterocycles. The van der Waals surface area contributed by atoms with Gasteiger partial charge in [0.15, 0.2) is 0 Å². The Kier molecular flexibility index (Phi) is 5.10. The molecule has 2 heterocycles. The first-order chi connectivity index (χ1) is 13.7. The Labute approximate surface area is 164 Å². The summed E-state index contributed by atoms with van der Waals surface area (Å²) in [6, 6.07) is 14.9. The molecule has 6 nitrogen and oxygen atoms in total. The molecule has 6 heteroatoms. The summed E-state index contributed by atoms with van der Waals surface area (Å²) < 4.78 is 10.9. The van der Waals surface area contributed by atoms with E-state index < -0.39 is 0 Å².